The first-order valence-electron chi connectivity index (χ1n) is 9.32. The van der Waals surface area contributed by atoms with Gasteiger partial charge >= 0.3 is 0 Å². The van der Waals surface area contributed by atoms with Crippen LogP contribution in [0.15, 0.2) is 53.2 Å². The molecule has 1 atom stereocenters. The molecular formula is C21H20N6O2S. The van der Waals surface area contributed by atoms with E-state index < -0.39 is 5.54 Å². The van der Waals surface area contributed by atoms with Crippen molar-refractivity contribution in [2.75, 3.05) is 7.05 Å². The third-order valence-electron chi connectivity index (χ3n) is 5.08. The molecule has 2 N–H and O–H groups in total. The van der Waals surface area contributed by atoms with E-state index in [1.54, 1.807) is 19.4 Å². The number of benzene rings is 1. The molecule has 30 heavy (non-hydrogen) atoms. The zero-order chi connectivity index (χ0) is 21.3. The molecule has 1 aliphatic rings. The Morgan fingerprint density at radius 1 is 1.27 bits per heavy atom. The number of carbonyl (C=O) groups excluding carboxylic acids is 2. The molecule has 3 heterocycles. The fourth-order valence-electron chi connectivity index (χ4n) is 3.30. The Hall–Kier alpha value is -3.46. The quantitative estimate of drug-likeness (QED) is 0.634. The number of nitrogens with two attached hydrogens (primary N) is 1. The van der Waals surface area contributed by atoms with Crippen molar-refractivity contribution in [2.45, 2.75) is 25.3 Å². The Morgan fingerprint density at radius 2 is 2.10 bits per heavy atom. The van der Waals surface area contributed by atoms with Crippen molar-refractivity contribution < 1.29 is 9.59 Å². The van der Waals surface area contributed by atoms with E-state index in [2.05, 4.69) is 19.9 Å². The first kappa shape index (κ1) is 19.8. The van der Waals surface area contributed by atoms with E-state index in [0.717, 1.165) is 16.1 Å². The second kappa shape index (κ2) is 7.75. The van der Waals surface area contributed by atoms with Gasteiger partial charge in [-0.2, -0.15) is 0 Å². The lowest BCUT2D eigenvalue weighted by Crippen LogP contribution is -2.47. The number of carbonyl (C=O) groups is 2. The predicted molar refractivity (Wildman–Crippen MR) is 114 cm³/mol. The number of amides is 1. The fourth-order valence-corrected chi connectivity index (χ4v) is 3.90. The lowest BCUT2D eigenvalue weighted by atomic mass is 9.86. The minimum atomic E-state index is -0.762. The third-order valence-corrected chi connectivity index (χ3v) is 5.87. The first-order valence-corrected chi connectivity index (χ1v) is 10.2. The van der Waals surface area contributed by atoms with E-state index in [1.807, 2.05) is 36.6 Å². The van der Waals surface area contributed by atoms with Gasteiger partial charge in [0, 0.05) is 25.0 Å². The Balaban J connectivity index is 1.53. The minimum Gasteiger partial charge on any atom is -0.369 e. The lowest BCUT2D eigenvalue weighted by Gasteiger charge is -2.33. The number of aliphatic imine (C=N–C) groups is 1. The predicted octanol–water partition coefficient (Wildman–Crippen LogP) is 2.42. The van der Waals surface area contributed by atoms with Crippen LogP contribution in [0.3, 0.4) is 0 Å². The molecule has 0 bridgehead atoms. The number of hydrogen-bond acceptors (Lipinski definition) is 8. The van der Waals surface area contributed by atoms with E-state index >= 15 is 0 Å². The van der Waals surface area contributed by atoms with Crippen LogP contribution in [0.4, 0.5) is 0 Å². The fraction of sp³-hybridized carbons (Fsp3) is 0.238. The zero-order valence-corrected chi connectivity index (χ0v) is 17.4. The Bertz CT molecular complexity index is 1130. The smallest absolute Gasteiger partial charge is 0.231 e. The van der Waals surface area contributed by atoms with Crippen LogP contribution in [0, 0.1) is 0 Å². The van der Waals surface area contributed by atoms with Crippen LogP contribution in [0.2, 0.25) is 0 Å². The third kappa shape index (κ3) is 3.84. The molecular weight excluding hydrogens is 400 g/mol. The van der Waals surface area contributed by atoms with E-state index in [0.29, 0.717) is 11.4 Å². The molecule has 0 spiro atoms. The molecule has 1 aromatic carbocycles. The molecule has 8 nitrogen and oxygen atoms in total. The standard InChI is InChI=1S/C21H20N6O2S/c1-21(10-18(29)27(2)20(22)26-21)14-5-3-4-13(8-14)9-17(28)15-11-25-16(12-24-15)19-23-6-7-30-19/h3-8,11-12H,9-10H2,1-2H3,(H2,22,26). The largest absolute Gasteiger partial charge is 0.369 e. The molecule has 1 amide bonds. The summed E-state index contributed by atoms with van der Waals surface area (Å²) >= 11 is 1.46. The highest BCUT2D eigenvalue weighted by Crippen LogP contribution is 2.33. The van der Waals surface area contributed by atoms with Gasteiger partial charge in [-0.05, 0) is 18.1 Å². The van der Waals surface area contributed by atoms with Crippen molar-refractivity contribution in [3.63, 3.8) is 0 Å². The molecule has 0 saturated heterocycles. The summed E-state index contributed by atoms with van der Waals surface area (Å²) in [5.41, 5.74) is 7.72. The van der Waals surface area contributed by atoms with Crippen molar-refractivity contribution >= 4 is 29.0 Å². The van der Waals surface area contributed by atoms with Crippen molar-refractivity contribution in [3.8, 4) is 10.7 Å². The Kier molecular flexibility index (Phi) is 5.13. The summed E-state index contributed by atoms with van der Waals surface area (Å²) in [6.45, 7) is 1.87. The summed E-state index contributed by atoms with van der Waals surface area (Å²) in [7, 11) is 1.61. The van der Waals surface area contributed by atoms with Gasteiger partial charge in [0.2, 0.25) is 5.91 Å². The highest BCUT2D eigenvalue weighted by Gasteiger charge is 2.36. The number of thiazole rings is 1. The van der Waals surface area contributed by atoms with Crippen LogP contribution in [0.1, 0.15) is 35.0 Å². The minimum absolute atomic E-state index is 0.0953. The molecule has 0 saturated carbocycles. The number of hydrogen-bond donors (Lipinski definition) is 1. The lowest BCUT2D eigenvalue weighted by molar-refractivity contribution is -0.128. The Morgan fingerprint density at radius 3 is 2.77 bits per heavy atom. The molecule has 4 rings (SSSR count). The van der Waals surface area contributed by atoms with Crippen LogP contribution >= 0.6 is 11.3 Å². The SMILES string of the molecule is CN1C(=O)CC(C)(c2cccc(CC(=O)c3cnc(-c4nccs4)cn3)c2)N=C1N. The van der Waals surface area contributed by atoms with Crippen molar-refractivity contribution in [1.29, 1.82) is 0 Å². The van der Waals surface area contributed by atoms with Gasteiger partial charge < -0.3 is 5.73 Å². The molecule has 3 aromatic rings. The van der Waals surface area contributed by atoms with Crippen molar-refractivity contribution in [2.24, 2.45) is 10.7 Å². The highest BCUT2D eigenvalue weighted by molar-refractivity contribution is 7.13. The summed E-state index contributed by atoms with van der Waals surface area (Å²) in [6, 6.07) is 7.51. The van der Waals surface area contributed by atoms with Gasteiger partial charge in [-0.3, -0.25) is 14.5 Å². The average molecular weight is 420 g/mol. The van der Waals surface area contributed by atoms with Crippen LogP contribution in [0.5, 0.6) is 0 Å². The molecule has 0 aliphatic carbocycles. The zero-order valence-electron chi connectivity index (χ0n) is 16.6. The first-order chi connectivity index (χ1) is 14.4. The maximum absolute atomic E-state index is 12.7. The normalized spacial score (nSPS) is 18.9. The second-order valence-electron chi connectivity index (χ2n) is 7.30. The molecule has 2 aromatic heterocycles. The molecule has 1 unspecified atom stereocenters. The molecule has 0 radical (unpaired) electrons. The topological polar surface area (TPSA) is 114 Å². The van der Waals surface area contributed by atoms with E-state index in [-0.39, 0.29) is 30.5 Å². The number of guanidine groups is 1. The van der Waals surface area contributed by atoms with E-state index in [1.165, 1.54) is 22.4 Å². The van der Waals surface area contributed by atoms with Gasteiger partial charge in [-0.1, -0.05) is 24.3 Å². The maximum Gasteiger partial charge on any atom is 0.231 e. The number of aromatic nitrogens is 3. The van der Waals surface area contributed by atoms with Crippen LogP contribution in [-0.2, 0) is 16.8 Å². The number of rotatable bonds is 5. The Labute approximate surface area is 177 Å². The summed E-state index contributed by atoms with van der Waals surface area (Å²) in [6.07, 6.45) is 5.12. The monoisotopic (exact) mass is 420 g/mol. The van der Waals surface area contributed by atoms with Gasteiger partial charge in [0.05, 0.1) is 24.4 Å². The van der Waals surface area contributed by atoms with Crippen LogP contribution in [0.25, 0.3) is 10.7 Å². The molecule has 9 heteroatoms. The van der Waals surface area contributed by atoms with E-state index in [4.69, 9.17) is 5.73 Å². The summed E-state index contributed by atoms with van der Waals surface area (Å²) in [5, 5.41) is 2.62. The van der Waals surface area contributed by atoms with Crippen LogP contribution < -0.4 is 5.73 Å². The van der Waals surface area contributed by atoms with Gasteiger partial charge in [0.1, 0.15) is 16.4 Å². The van der Waals surface area contributed by atoms with Gasteiger partial charge in [-0.15, -0.1) is 11.3 Å². The maximum atomic E-state index is 12.7. The number of Topliss-reactive ketones (excluding diaryl/α,β-unsaturated/α-hetero) is 1. The van der Waals surface area contributed by atoms with Crippen molar-refractivity contribution in [1.82, 2.24) is 19.9 Å². The van der Waals surface area contributed by atoms with Gasteiger partial charge in [-0.25, -0.2) is 19.9 Å². The molecule has 152 valence electrons. The molecule has 0 fully saturated rings. The summed E-state index contributed by atoms with van der Waals surface area (Å²) in [4.78, 5) is 43.6. The van der Waals surface area contributed by atoms with Crippen LogP contribution in [-0.4, -0.2) is 44.5 Å². The molecule has 1 aliphatic heterocycles. The second-order valence-corrected chi connectivity index (χ2v) is 8.19. The summed E-state index contributed by atoms with van der Waals surface area (Å²) in [5.74, 6) is -0.0501. The number of ketones is 1. The van der Waals surface area contributed by atoms with Gasteiger partial charge in [0.25, 0.3) is 0 Å². The highest BCUT2D eigenvalue weighted by atomic mass is 32.1. The van der Waals surface area contributed by atoms with Crippen molar-refractivity contribution in [3.05, 3.63) is 65.1 Å². The average Bonchev–Trinajstić information content (AvgIpc) is 3.27. The van der Waals surface area contributed by atoms with E-state index in [9.17, 15) is 9.59 Å². The summed E-state index contributed by atoms with van der Waals surface area (Å²) < 4.78 is 0. The van der Waals surface area contributed by atoms with Gasteiger partial charge in [0.15, 0.2) is 11.7 Å². The number of nitrogens with zero attached hydrogens (tertiary/aromatic N) is 5.